The third kappa shape index (κ3) is 2.34. The summed E-state index contributed by atoms with van der Waals surface area (Å²) in [5.74, 6) is 0.901. The van der Waals surface area contributed by atoms with E-state index in [9.17, 15) is 0 Å². The van der Waals surface area contributed by atoms with Gasteiger partial charge in [-0.25, -0.2) is 9.97 Å². The molecule has 1 aliphatic heterocycles. The van der Waals surface area contributed by atoms with E-state index in [1.807, 2.05) is 4.57 Å². The molecule has 0 radical (unpaired) electrons. The number of aliphatic hydroxyl groups excluding tert-OH is 1. The Hall–Kier alpha value is -1.38. The van der Waals surface area contributed by atoms with Crippen LogP contribution in [0.15, 0.2) is 6.33 Å². The van der Waals surface area contributed by atoms with Gasteiger partial charge in [-0.05, 0) is 18.6 Å². The molecule has 0 amide bonds. The molecule has 108 valence electrons. The summed E-state index contributed by atoms with van der Waals surface area (Å²) in [5.41, 5.74) is 7.99. The predicted octanol–water partition coefficient (Wildman–Crippen LogP) is 0.551. The highest BCUT2D eigenvalue weighted by Gasteiger charge is 2.27. The fourth-order valence-electron chi connectivity index (χ4n) is 2.51. The number of nitrogens with two attached hydrogens (primary N) is 1. The van der Waals surface area contributed by atoms with Crippen LogP contribution in [0.25, 0.3) is 11.2 Å². The maximum atomic E-state index is 9.15. The molecular formula is C12H17N5O2S. The maximum Gasteiger partial charge on any atom is 0.222 e. The molecule has 2 aromatic rings. The zero-order valence-corrected chi connectivity index (χ0v) is 11.8. The minimum atomic E-state index is -0.157. The number of ether oxygens (including phenoxy) is 1. The Bertz CT molecular complexity index is 617. The van der Waals surface area contributed by atoms with E-state index < -0.39 is 0 Å². The third-order valence-corrected chi connectivity index (χ3v) is 3.68. The molecule has 1 aliphatic rings. The monoisotopic (exact) mass is 295 g/mol. The molecule has 0 bridgehead atoms. The van der Waals surface area contributed by atoms with Crippen LogP contribution < -0.4 is 5.73 Å². The van der Waals surface area contributed by atoms with Crippen molar-refractivity contribution in [2.24, 2.45) is 0 Å². The lowest BCUT2D eigenvalue weighted by molar-refractivity contribution is -0.0207. The van der Waals surface area contributed by atoms with Crippen molar-refractivity contribution in [2.45, 2.75) is 31.6 Å². The number of anilines is 1. The molecule has 8 heteroatoms. The second kappa shape index (κ2) is 5.55. The summed E-state index contributed by atoms with van der Waals surface area (Å²) in [4.78, 5) is 12.9. The van der Waals surface area contributed by atoms with Crippen LogP contribution in [0.3, 0.4) is 0 Å². The normalized spacial score (nSPS) is 22.7. The third-order valence-electron chi connectivity index (χ3n) is 3.46. The number of aliphatic hydroxyl groups is 1. The average molecular weight is 295 g/mol. The smallest absolute Gasteiger partial charge is 0.222 e. The van der Waals surface area contributed by atoms with Crippen molar-refractivity contribution in [1.82, 2.24) is 19.5 Å². The number of rotatable bonds is 4. The highest BCUT2D eigenvalue weighted by molar-refractivity contribution is 7.80. The number of aryl methyl sites for hydroxylation is 1. The molecule has 3 rings (SSSR count). The van der Waals surface area contributed by atoms with E-state index in [0.717, 1.165) is 24.1 Å². The molecule has 1 saturated heterocycles. The van der Waals surface area contributed by atoms with E-state index in [1.54, 1.807) is 6.33 Å². The number of hydrogen-bond acceptors (Lipinski definition) is 7. The lowest BCUT2D eigenvalue weighted by Crippen LogP contribution is -2.14. The number of imidazole rings is 1. The molecule has 3 heterocycles. The standard InChI is InChI=1S/C12H17N5O2S/c13-12-15-8(3-4-20)10-11(16-12)17(6-14-10)9-2-1-7(5-18)19-9/h6-7,9,18,20H,1-5H2,(H2,13,15,16)/t7-,9-/m0/s1. The van der Waals surface area contributed by atoms with Crippen molar-refractivity contribution < 1.29 is 9.84 Å². The fourth-order valence-corrected chi connectivity index (χ4v) is 2.72. The van der Waals surface area contributed by atoms with E-state index in [2.05, 4.69) is 27.6 Å². The van der Waals surface area contributed by atoms with Gasteiger partial charge in [0.25, 0.3) is 0 Å². The summed E-state index contributed by atoms with van der Waals surface area (Å²) >= 11 is 4.22. The first-order chi connectivity index (χ1) is 9.72. The van der Waals surface area contributed by atoms with Gasteiger partial charge in [-0.15, -0.1) is 0 Å². The SMILES string of the molecule is Nc1nc(CCS)c2ncn([C@@H]3CC[C@@H](CO)O3)c2n1. The molecular weight excluding hydrogens is 278 g/mol. The number of hydrogen-bond donors (Lipinski definition) is 3. The van der Waals surface area contributed by atoms with Gasteiger partial charge in [0.2, 0.25) is 5.95 Å². The fraction of sp³-hybridized carbons (Fsp3) is 0.583. The molecule has 0 unspecified atom stereocenters. The molecule has 1 fully saturated rings. The van der Waals surface area contributed by atoms with Gasteiger partial charge >= 0.3 is 0 Å². The Morgan fingerprint density at radius 3 is 3.00 bits per heavy atom. The van der Waals surface area contributed by atoms with Crippen LogP contribution >= 0.6 is 12.6 Å². The van der Waals surface area contributed by atoms with Gasteiger partial charge in [0.05, 0.1) is 24.7 Å². The number of nitrogens with zero attached hydrogens (tertiary/aromatic N) is 4. The van der Waals surface area contributed by atoms with Crippen molar-refractivity contribution in [3.05, 3.63) is 12.0 Å². The summed E-state index contributed by atoms with van der Waals surface area (Å²) in [6.45, 7) is 0.0329. The Labute approximate surface area is 121 Å². The minimum absolute atomic E-state index is 0.0329. The lowest BCUT2D eigenvalue weighted by atomic mass is 10.2. The van der Waals surface area contributed by atoms with Gasteiger partial charge < -0.3 is 15.6 Å². The van der Waals surface area contributed by atoms with E-state index in [4.69, 9.17) is 15.6 Å². The average Bonchev–Trinajstić information content (AvgIpc) is 3.04. The Kier molecular flexibility index (Phi) is 3.77. The number of nitrogen functional groups attached to an aromatic ring is 1. The number of aromatic nitrogens is 4. The van der Waals surface area contributed by atoms with Crippen molar-refractivity contribution in [3.63, 3.8) is 0 Å². The first-order valence-corrected chi connectivity index (χ1v) is 7.22. The first kappa shape index (κ1) is 13.6. The van der Waals surface area contributed by atoms with Crippen molar-refractivity contribution in [2.75, 3.05) is 18.1 Å². The predicted molar refractivity (Wildman–Crippen MR) is 77.5 cm³/mol. The zero-order chi connectivity index (χ0) is 14.1. The van der Waals surface area contributed by atoms with Crippen molar-refractivity contribution >= 4 is 29.7 Å². The second-order valence-electron chi connectivity index (χ2n) is 4.80. The summed E-state index contributed by atoms with van der Waals surface area (Å²) in [6.07, 6.45) is 3.76. The van der Waals surface area contributed by atoms with E-state index >= 15 is 0 Å². The Morgan fingerprint density at radius 2 is 2.30 bits per heavy atom. The Morgan fingerprint density at radius 1 is 1.45 bits per heavy atom. The van der Waals surface area contributed by atoms with E-state index in [0.29, 0.717) is 17.8 Å². The topological polar surface area (TPSA) is 99.1 Å². The largest absolute Gasteiger partial charge is 0.394 e. The minimum Gasteiger partial charge on any atom is -0.394 e. The molecule has 2 atom stereocenters. The van der Waals surface area contributed by atoms with Gasteiger partial charge in [0.1, 0.15) is 11.7 Å². The summed E-state index contributed by atoms with van der Waals surface area (Å²) in [7, 11) is 0. The van der Waals surface area contributed by atoms with Gasteiger partial charge in [0.15, 0.2) is 5.65 Å². The van der Waals surface area contributed by atoms with Crippen LogP contribution in [0.4, 0.5) is 5.95 Å². The van der Waals surface area contributed by atoms with Gasteiger partial charge in [-0.1, -0.05) is 0 Å². The molecule has 0 saturated carbocycles. The van der Waals surface area contributed by atoms with Crippen LogP contribution in [0.1, 0.15) is 24.8 Å². The highest BCUT2D eigenvalue weighted by Crippen LogP contribution is 2.30. The number of fused-ring (bicyclic) bond motifs is 1. The van der Waals surface area contributed by atoms with Crippen LogP contribution in [0.5, 0.6) is 0 Å². The van der Waals surface area contributed by atoms with Crippen molar-refractivity contribution in [1.29, 1.82) is 0 Å². The molecule has 0 aliphatic carbocycles. The summed E-state index contributed by atoms with van der Waals surface area (Å²) < 4.78 is 7.63. The maximum absolute atomic E-state index is 9.15. The summed E-state index contributed by atoms with van der Waals surface area (Å²) in [5, 5.41) is 9.15. The molecule has 20 heavy (non-hydrogen) atoms. The lowest BCUT2D eigenvalue weighted by Gasteiger charge is -2.14. The van der Waals surface area contributed by atoms with E-state index in [1.165, 1.54) is 0 Å². The first-order valence-electron chi connectivity index (χ1n) is 6.59. The zero-order valence-electron chi connectivity index (χ0n) is 10.9. The molecule has 0 aromatic carbocycles. The van der Waals surface area contributed by atoms with Crippen LogP contribution in [0, 0.1) is 0 Å². The van der Waals surface area contributed by atoms with Crippen LogP contribution in [-0.2, 0) is 11.2 Å². The molecule has 3 N–H and O–H groups in total. The molecule has 0 spiro atoms. The quantitative estimate of drug-likeness (QED) is 0.712. The van der Waals surface area contributed by atoms with E-state index in [-0.39, 0.29) is 24.9 Å². The second-order valence-corrected chi connectivity index (χ2v) is 5.25. The van der Waals surface area contributed by atoms with Gasteiger partial charge in [-0.2, -0.15) is 17.6 Å². The summed E-state index contributed by atoms with van der Waals surface area (Å²) in [6, 6.07) is 0. The highest BCUT2D eigenvalue weighted by atomic mass is 32.1. The Balaban J connectivity index is 2.00. The number of thiol groups is 1. The van der Waals surface area contributed by atoms with Crippen LogP contribution in [-0.4, -0.2) is 43.1 Å². The molecule has 2 aromatic heterocycles. The van der Waals surface area contributed by atoms with Gasteiger partial charge in [0, 0.05) is 6.42 Å². The van der Waals surface area contributed by atoms with Gasteiger partial charge in [-0.3, -0.25) is 4.57 Å². The van der Waals surface area contributed by atoms with Crippen molar-refractivity contribution in [3.8, 4) is 0 Å². The van der Waals surface area contributed by atoms with Crippen LogP contribution in [0.2, 0.25) is 0 Å². The molecule has 7 nitrogen and oxygen atoms in total.